The third-order valence-electron chi connectivity index (χ3n) is 2.69. The molecular formula is C14H14BrNO6. The number of aliphatic carboxylic acids is 1. The Hall–Kier alpha value is -2.22. The zero-order chi connectivity index (χ0) is 17.2. The minimum atomic E-state index is -1.78. The summed E-state index contributed by atoms with van der Waals surface area (Å²) in [6, 6.07) is 2.39. The first-order valence-electron chi connectivity index (χ1n) is 6.11. The molecule has 0 spiro atoms. The van der Waals surface area contributed by atoms with Crippen molar-refractivity contribution in [2.24, 2.45) is 5.41 Å². The number of hydrogen-bond donors (Lipinski definition) is 3. The lowest BCUT2D eigenvalue weighted by molar-refractivity contribution is -0.131. The third-order valence-corrected chi connectivity index (χ3v) is 3.14. The number of halogens is 1. The molecule has 0 heterocycles. The van der Waals surface area contributed by atoms with E-state index >= 15 is 0 Å². The summed E-state index contributed by atoms with van der Waals surface area (Å²) in [6.45, 7) is 4.89. The smallest absolute Gasteiger partial charge is 0.377 e. The predicted molar refractivity (Wildman–Crippen MR) is 81.2 cm³/mol. The van der Waals surface area contributed by atoms with Crippen LogP contribution in [-0.4, -0.2) is 33.8 Å². The number of ketones is 1. The number of amides is 1. The van der Waals surface area contributed by atoms with Crippen molar-refractivity contribution in [2.45, 2.75) is 20.8 Å². The number of carboxylic acid groups (broad SMARTS) is 2. The molecule has 22 heavy (non-hydrogen) atoms. The van der Waals surface area contributed by atoms with Crippen molar-refractivity contribution >= 4 is 45.2 Å². The van der Waals surface area contributed by atoms with Gasteiger partial charge in [0.15, 0.2) is 0 Å². The highest BCUT2D eigenvalue weighted by atomic mass is 79.9. The molecule has 1 aromatic rings. The Bertz CT molecular complexity index is 675. The predicted octanol–water partition coefficient (Wildman–Crippen LogP) is 2.40. The molecule has 0 bridgehead atoms. The zero-order valence-corrected chi connectivity index (χ0v) is 13.6. The number of rotatable bonds is 4. The highest BCUT2D eigenvalue weighted by Crippen LogP contribution is 2.28. The van der Waals surface area contributed by atoms with Gasteiger partial charge < -0.3 is 15.5 Å². The molecule has 0 atom stereocenters. The van der Waals surface area contributed by atoms with Crippen molar-refractivity contribution < 1.29 is 29.4 Å². The second kappa shape index (κ2) is 6.27. The number of carboxylic acids is 2. The maximum Gasteiger partial charge on any atom is 0.377 e. The summed E-state index contributed by atoms with van der Waals surface area (Å²) >= 11 is 3.06. The van der Waals surface area contributed by atoms with Crippen molar-refractivity contribution in [3.63, 3.8) is 0 Å². The van der Waals surface area contributed by atoms with Crippen molar-refractivity contribution in [1.82, 2.24) is 0 Å². The largest absolute Gasteiger partial charge is 0.478 e. The Kier molecular flexibility index (Phi) is 5.08. The van der Waals surface area contributed by atoms with E-state index in [0.717, 1.165) is 6.07 Å². The molecule has 7 nitrogen and oxygen atoms in total. The molecule has 0 aliphatic heterocycles. The molecule has 0 fully saturated rings. The molecular weight excluding hydrogens is 358 g/mol. The minimum absolute atomic E-state index is 0.147. The second-order valence-corrected chi connectivity index (χ2v) is 6.44. The van der Waals surface area contributed by atoms with Crippen molar-refractivity contribution in [3.8, 4) is 0 Å². The van der Waals surface area contributed by atoms with Crippen LogP contribution in [0.25, 0.3) is 0 Å². The highest BCUT2D eigenvalue weighted by Gasteiger charge is 2.28. The molecule has 0 saturated carbocycles. The van der Waals surface area contributed by atoms with Crippen LogP contribution in [0, 0.1) is 5.41 Å². The van der Waals surface area contributed by atoms with Crippen molar-refractivity contribution in [2.75, 3.05) is 5.32 Å². The molecule has 0 aromatic heterocycles. The number of nitrogens with one attached hydrogen (secondary N) is 1. The first-order chi connectivity index (χ1) is 9.95. The van der Waals surface area contributed by atoms with E-state index in [0.29, 0.717) is 0 Å². The molecule has 1 aromatic carbocycles. The quantitative estimate of drug-likeness (QED) is 0.551. The van der Waals surface area contributed by atoms with E-state index < -0.39 is 40.2 Å². The van der Waals surface area contributed by atoms with Crippen LogP contribution >= 0.6 is 15.9 Å². The average Bonchev–Trinajstić information content (AvgIpc) is 2.35. The van der Waals surface area contributed by atoms with Gasteiger partial charge in [0.25, 0.3) is 5.78 Å². The number of benzene rings is 1. The van der Waals surface area contributed by atoms with Gasteiger partial charge >= 0.3 is 11.9 Å². The van der Waals surface area contributed by atoms with E-state index in [1.807, 2.05) is 0 Å². The summed E-state index contributed by atoms with van der Waals surface area (Å²) in [4.78, 5) is 45.9. The van der Waals surface area contributed by atoms with Gasteiger partial charge in [-0.1, -0.05) is 36.7 Å². The first kappa shape index (κ1) is 17.8. The fourth-order valence-electron chi connectivity index (χ4n) is 1.54. The van der Waals surface area contributed by atoms with Gasteiger partial charge in [0, 0.05) is 15.5 Å². The number of hydrogen-bond acceptors (Lipinski definition) is 4. The SMILES string of the molecule is CC(C)(C)C(=O)Nc1cc(Br)cc(C(=O)C(=O)O)c1C(=O)O. The topological polar surface area (TPSA) is 121 Å². The fourth-order valence-corrected chi connectivity index (χ4v) is 2.00. The molecule has 0 aliphatic rings. The van der Waals surface area contributed by atoms with Gasteiger partial charge in [-0.05, 0) is 12.1 Å². The normalized spacial score (nSPS) is 10.9. The van der Waals surface area contributed by atoms with Crippen LogP contribution in [0.1, 0.15) is 41.5 Å². The first-order valence-corrected chi connectivity index (χ1v) is 6.90. The monoisotopic (exact) mass is 371 g/mol. The lowest BCUT2D eigenvalue weighted by atomic mass is 9.94. The Balaban J connectivity index is 3.51. The maximum absolute atomic E-state index is 12.0. The van der Waals surface area contributed by atoms with E-state index in [2.05, 4.69) is 21.2 Å². The molecule has 8 heteroatoms. The summed E-state index contributed by atoms with van der Waals surface area (Å²) in [7, 11) is 0. The lowest BCUT2D eigenvalue weighted by Crippen LogP contribution is -2.29. The van der Waals surface area contributed by atoms with Gasteiger partial charge in [-0.2, -0.15) is 0 Å². The average molecular weight is 372 g/mol. The van der Waals surface area contributed by atoms with Crippen LogP contribution in [0.2, 0.25) is 0 Å². The van der Waals surface area contributed by atoms with Gasteiger partial charge in [0.05, 0.1) is 11.3 Å². The lowest BCUT2D eigenvalue weighted by Gasteiger charge is -2.19. The summed E-state index contributed by atoms with van der Waals surface area (Å²) in [6.07, 6.45) is 0. The summed E-state index contributed by atoms with van der Waals surface area (Å²) in [5.74, 6) is -5.14. The number of carbonyl (C=O) groups is 4. The number of anilines is 1. The Morgan fingerprint density at radius 3 is 2.05 bits per heavy atom. The number of aromatic carboxylic acids is 1. The van der Waals surface area contributed by atoms with Crippen LogP contribution in [-0.2, 0) is 9.59 Å². The standard InChI is InChI=1S/C14H14BrNO6/c1-14(2,3)13(22)16-8-5-6(15)4-7(9(8)11(18)19)10(17)12(20)21/h4-5H,1-3H3,(H,16,22)(H,18,19)(H,20,21). The van der Waals surface area contributed by atoms with E-state index in [9.17, 15) is 24.3 Å². The minimum Gasteiger partial charge on any atom is -0.478 e. The zero-order valence-electron chi connectivity index (χ0n) is 12.1. The Labute approximate surface area is 134 Å². The van der Waals surface area contributed by atoms with E-state index in [1.54, 1.807) is 20.8 Å². The van der Waals surface area contributed by atoms with E-state index in [4.69, 9.17) is 5.11 Å². The van der Waals surface area contributed by atoms with Crippen LogP contribution in [0.4, 0.5) is 5.69 Å². The summed E-state index contributed by atoms with van der Waals surface area (Å²) < 4.78 is 0.270. The van der Waals surface area contributed by atoms with Crippen LogP contribution < -0.4 is 5.32 Å². The van der Waals surface area contributed by atoms with Gasteiger partial charge in [-0.25, -0.2) is 9.59 Å². The van der Waals surface area contributed by atoms with Gasteiger partial charge in [0.2, 0.25) is 5.91 Å². The number of carbonyl (C=O) groups excluding carboxylic acids is 2. The second-order valence-electron chi connectivity index (χ2n) is 5.52. The van der Waals surface area contributed by atoms with Crippen molar-refractivity contribution in [1.29, 1.82) is 0 Å². The molecule has 0 aliphatic carbocycles. The highest BCUT2D eigenvalue weighted by molar-refractivity contribution is 9.10. The molecule has 118 valence electrons. The molecule has 1 amide bonds. The van der Waals surface area contributed by atoms with Gasteiger partial charge in [-0.3, -0.25) is 9.59 Å². The fraction of sp³-hybridized carbons (Fsp3) is 0.286. The van der Waals surface area contributed by atoms with Crippen LogP contribution in [0.15, 0.2) is 16.6 Å². The van der Waals surface area contributed by atoms with E-state index in [1.165, 1.54) is 6.07 Å². The molecule has 0 saturated heterocycles. The van der Waals surface area contributed by atoms with Gasteiger partial charge in [-0.15, -0.1) is 0 Å². The Morgan fingerprint density at radius 2 is 1.64 bits per heavy atom. The molecule has 3 N–H and O–H groups in total. The third kappa shape index (κ3) is 3.91. The molecule has 1 rings (SSSR count). The van der Waals surface area contributed by atoms with Crippen LogP contribution in [0.3, 0.4) is 0 Å². The molecule has 0 unspecified atom stereocenters. The summed E-state index contributed by atoms with van der Waals surface area (Å²) in [5.41, 5.74) is -2.02. The van der Waals surface area contributed by atoms with Crippen LogP contribution in [0.5, 0.6) is 0 Å². The Morgan fingerprint density at radius 1 is 1.09 bits per heavy atom. The van der Waals surface area contributed by atoms with Crippen molar-refractivity contribution in [3.05, 3.63) is 27.7 Å². The number of Topliss-reactive ketones (excluding diaryl/α,β-unsaturated/α-hetero) is 1. The summed E-state index contributed by atoms with van der Waals surface area (Å²) in [5, 5.41) is 20.5. The molecule has 0 radical (unpaired) electrons. The van der Waals surface area contributed by atoms with E-state index in [-0.39, 0.29) is 10.2 Å². The maximum atomic E-state index is 12.0. The van der Waals surface area contributed by atoms with Gasteiger partial charge in [0.1, 0.15) is 0 Å².